The van der Waals surface area contributed by atoms with Crippen LogP contribution in [0.5, 0.6) is 0 Å². The first-order chi connectivity index (χ1) is 10.0. The van der Waals surface area contributed by atoms with Crippen molar-refractivity contribution in [1.29, 1.82) is 0 Å². The average Bonchev–Trinajstić information content (AvgIpc) is 2.97. The number of aromatic nitrogens is 2. The van der Waals surface area contributed by atoms with E-state index in [4.69, 9.17) is 16.7 Å². The molecule has 0 aliphatic rings. The first-order valence-corrected chi connectivity index (χ1v) is 8.59. The molecule has 0 saturated heterocycles. The molecule has 21 heavy (non-hydrogen) atoms. The minimum atomic E-state index is -3.88. The van der Waals surface area contributed by atoms with E-state index >= 15 is 0 Å². The minimum Gasteiger partial charge on any atom is -0.392 e. The van der Waals surface area contributed by atoms with Gasteiger partial charge in [0, 0.05) is 17.3 Å². The number of imidazole rings is 1. The van der Waals surface area contributed by atoms with Gasteiger partial charge >= 0.3 is 0 Å². The maximum atomic E-state index is 12.5. The summed E-state index contributed by atoms with van der Waals surface area (Å²) >= 11 is 7.23. The standard InChI is InChI=1S/C12H10ClN3O3S2/c13-10-11(16-4-5-20-12(16)14-10)21(18,19)15-9-3-1-2-8(6-9)7-17/h1-6,15,17H,7H2. The number of aliphatic hydroxyl groups is 1. The molecular formula is C12H10ClN3O3S2. The number of rotatable bonds is 4. The highest BCUT2D eigenvalue weighted by atomic mass is 35.5. The highest BCUT2D eigenvalue weighted by molar-refractivity contribution is 7.92. The zero-order valence-corrected chi connectivity index (χ0v) is 12.9. The second kappa shape index (κ2) is 5.30. The summed E-state index contributed by atoms with van der Waals surface area (Å²) in [6.07, 6.45) is 1.59. The van der Waals surface area contributed by atoms with Crippen molar-refractivity contribution in [2.75, 3.05) is 4.72 Å². The van der Waals surface area contributed by atoms with Crippen LogP contribution < -0.4 is 4.72 Å². The highest BCUT2D eigenvalue weighted by Crippen LogP contribution is 2.27. The number of sulfonamides is 1. The molecule has 0 bridgehead atoms. The van der Waals surface area contributed by atoms with E-state index in [2.05, 4.69) is 9.71 Å². The van der Waals surface area contributed by atoms with E-state index in [0.29, 0.717) is 16.2 Å². The molecule has 0 radical (unpaired) electrons. The fourth-order valence-corrected chi connectivity index (χ4v) is 4.42. The first kappa shape index (κ1) is 14.3. The Kier molecular flexibility index (Phi) is 3.62. The van der Waals surface area contributed by atoms with Gasteiger partial charge in [0.1, 0.15) is 0 Å². The van der Waals surface area contributed by atoms with E-state index in [-0.39, 0.29) is 16.8 Å². The number of nitrogens with zero attached hydrogens (tertiary/aromatic N) is 2. The van der Waals surface area contributed by atoms with Gasteiger partial charge in [-0.05, 0) is 17.7 Å². The summed E-state index contributed by atoms with van der Waals surface area (Å²) in [5.74, 6) is 0. The zero-order valence-electron chi connectivity index (χ0n) is 10.5. The smallest absolute Gasteiger partial charge is 0.281 e. The predicted molar refractivity (Wildman–Crippen MR) is 81.3 cm³/mol. The molecule has 0 spiro atoms. The fraction of sp³-hybridized carbons (Fsp3) is 0.0833. The average molecular weight is 344 g/mol. The molecule has 0 amide bonds. The van der Waals surface area contributed by atoms with Crippen LogP contribution in [-0.2, 0) is 16.6 Å². The third kappa shape index (κ3) is 2.62. The Morgan fingerprint density at radius 1 is 1.43 bits per heavy atom. The Hall–Kier alpha value is -1.61. The van der Waals surface area contributed by atoms with E-state index in [1.54, 1.807) is 35.8 Å². The molecule has 0 unspecified atom stereocenters. The predicted octanol–water partition coefficient (Wildman–Crippen LogP) is 2.34. The number of hydrogen-bond acceptors (Lipinski definition) is 5. The summed E-state index contributed by atoms with van der Waals surface area (Å²) in [6, 6.07) is 6.50. The number of anilines is 1. The van der Waals surface area contributed by atoms with Crippen LogP contribution in [0.2, 0.25) is 5.15 Å². The van der Waals surface area contributed by atoms with Gasteiger partial charge in [-0.15, -0.1) is 11.3 Å². The molecule has 2 N–H and O–H groups in total. The van der Waals surface area contributed by atoms with Crippen molar-refractivity contribution < 1.29 is 13.5 Å². The summed E-state index contributed by atoms with van der Waals surface area (Å²) in [7, 11) is -3.88. The molecule has 2 heterocycles. The van der Waals surface area contributed by atoms with E-state index in [0.717, 1.165) is 0 Å². The van der Waals surface area contributed by atoms with Crippen LogP contribution in [0.25, 0.3) is 4.96 Å². The van der Waals surface area contributed by atoms with Crippen molar-refractivity contribution in [3.05, 3.63) is 46.6 Å². The number of nitrogens with one attached hydrogen (secondary N) is 1. The van der Waals surface area contributed by atoms with Crippen molar-refractivity contribution in [3.8, 4) is 0 Å². The second-order valence-electron chi connectivity index (χ2n) is 4.23. The van der Waals surface area contributed by atoms with Gasteiger partial charge in [-0.1, -0.05) is 23.7 Å². The number of aliphatic hydroxyl groups excluding tert-OH is 1. The summed E-state index contributed by atoms with van der Waals surface area (Å²) in [5.41, 5.74) is 0.957. The summed E-state index contributed by atoms with van der Waals surface area (Å²) in [4.78, 5) is 4.51. The lowest BCUT2D eigenvalue weighted by atomic mass is 10.2. The third-order valence-corrected chi connectivity index (χ3v) is 5.33. The van der Waals surface area contributed by atoms with Crippen LogP contribution in [-0.4, -0.2) is 22.9 Å². The van der Waals surface area contributed by atoms with Crippen molar-refractivity contribution in [3.63, 3.8) is 0 Å². The van der Waals surface area contributed by atoms with Crippen LogP contribution in [0.3, 0.4) is 0 Å². The molecule has 6 nitrogen and oxygen atoms in total. The highest BCUT2D eigenvalue weighted by Gasteiger charge is 2.25. The number of hydrogen-bond donors (Lipinski definition) is 2. The Morgan fingerprint density at radius 2 is 2.24 bits per heavy atom. The first-order valence-electron chi connectivity index (χ1n) is 5.85. The van der Waals surface area contributed by atoms with Gasteiger partial charge in [0.2, 0.25) is 0 Å². The SMILES string of the molecule is O=S(=O)(Nc1cccc(CO)c1)c1c(Cl)nc2sccn12. The second-order valence-corrected chi connectivity index (χ2v) is 7.06. The number of benzene rings is 1. The molecule has 0 fully saturated rings. The van der Waals surface area contributed by atoms with E-state index in [1.165, 1.54) is 15.7 Å². The number of fused-ring (bicyclic) bond motifs is 1. The van der Waals surface area contributed by atoms with Gasteiger partial charge < -0.3 is 5.11 Å². The topological polar surface area (TPSA) is 83.7 Å². The molecule has 3 aromatic rings. The monoisotopic (exact) mass is 343 g/mol. The van der Waals surface area contributed by atoms with Crippen molar-refractivity contribution in [2.45, 2.75) is 11.6 Å². The molecule has 9 heteroatoms. The third-order valence-electron chi connectivity index (χ3n) is 2.79. The molecule has 0 atom stereocenters. The van der Waals surface area contributed by atoms with Crippen LogP contribution in [0, 0.1) is 0 Å². The molecule has 1 aromatic carbocycles. The summed E-state index contributed by atoms with van der Waals surface area (Å²) in [5, 5.41) is 10.6. The normalized spacial score (nSPS) is 11.9. The number of halogens is 1. The van der Waals surface area contributed by atoms with Gasteiger partial charge in [0.15, 0.2) is 15.1 Å². The van der Waals surface area contributed by atoms with Crippen LogP contribution in [0.4, 0.5) is 5.69 Å². The van der Waals surface area contributed by atoms with Gasteiger partial charge in [-0.3, -0.25) is 9.12 Å². The Bertz CT molecular complexity index is 902. The Morgan fingerprint density at radius 3 is 3.00 bits per heavy atom. The summed E-state index contributed by atoms with van der Waals surface area (Å²) in [6.45, 7) is -0.169. The lowest BCUT2D eigenvalue weighted by Gasteiger charge is -2.08. The molecule has 2 aromatic heterocycles. The van der Waals surface area contributed by atoms with Crippen molar-refractivity contribution in [1.82, 2.24) is 9.38 Å². The number of thiazole rings is 1. The Balaban J connectivity index is 2.04. The van der Waals surface area contributed by atoms with Gasteiger partial charge in [-0.2, -0.15) is 8.42 Å². The Labute approximate surface area is 129 Å². The molecule has 110 valence electrons. The molecular weight excluding hydrogens is 334 g/mol. The van der Waals surface area contributed by atoms with Crippen LogP contribution in [0.15, 0.2) is 40.9 Å². The lowest BCUT2D eigenvalue weighted by Crippen LogP contribution is -2.15. The van der Waals surface area contributed by atoms with E-state index in [9.17, 15) is 8.42 Å². The lowest BCUT2D eigenvalue weighted by molar-refractivity contribution is 0.282. The zero-order chi connectivity index (χ0) is 15.0. The van der Waals surface area contributed by atoms with Crippen molar-refractivity contribution in [2.24, 2.45) is 0 Å². The quantitative estimate of drug-likeness (QED) is 0.761. The summed E-state index contributed by atoms with van der Waals surface area (Å²) < 4.78 is 28.8. The molecule has 3 rings (SSSR count). The maximum absolute atomic E-state index is 12.5. The van der Waals surface area contributed by atoms with Gasteiger partial charge in [0.25, 0.3) is 10.0 Å². The molecule has 0 aliphatic heterocycles. The maximum Gasteiger partial charge on any atom is 0.281 e. The minimum absolute atomic E-state index is 0.0762. The van der Waals surface area contributed by atoms with E-state index < -0.39 is 10.0 Å². The molecule has 0 aliphatic carbocycles. The van der Waals surface area contributed by atoms with Crippen LogP contribution >= 0.6 is 22.9 Å². The molecule has 0 saturated carbocycles. The van der Waals surface area contributed by atoms with Crippen LogP contribution in [0.1, 0.15) is 5.56 Å². The largest absolute Gasteiger partial charge is 0.392 e. The fourth-order valence-electron chi connectivity index (χ4n) is 1.92. The van der Waals surface area contributed by atoms with Gasteiger partial charge in [-0.25, -0.2) is 4.98 Å². The van der Waals surface area contributed by atoms with Crippen molar-refractivity contribution >= 4 is 43.6 Å². The van der Waals surface area contributed by atoms with E-state index in [1.807, 2.05) is 0 Å². The van der Waals surface area contributed by atoms with Gasteiger partial charge in [0.05, 0.1) is 6.61 Å².